The average Bonchev–Trinajstić information content (AvgIpc) is 3.06. The zero-order chi connectivity index (χ0) is 35.1. The van der Waals surface area contributed by atoms with E-state index in [0.717, 1.165) is 36.6 Å². The number of rotatable bonds is 12. The van der Waals surface area contributed by atoms with Crippen molar-refractivity contribution in [3.8, 4) is 0 Å². The summed E-state index contributed by atoms with van der Waals surface area (Å²) < 4.78 is 0. The van der Waals surface area contributed by atoms with Gasteiger partial charge in [0.2, 0.25) is 17.7 Å². The predicted octanol–water partition coefficient (Wildman–Crippen LogP) is 3.51. The highest BCUT2D eigenvalue weighted by Gasteiger charge is 2.42. The molecular formula is C38H51ClN6O5. The molecule has 0 unspecified atom stereocenters. The van der Waals surface area contributed by atoms with E-state index < -0.39 is 53.9 Å². The number of aromatic nitrogens is 1. The molecule has 11 nitrogen and oxygen atoms in total. The molecule has 1 saturated heterocycles. The number of primary amides is 1. The smallest absolute Gasteiger partial charge is 0.270 e. The molecule has 50 heavy (non-hydrogen) atoms. The van der Waals surface area contributed by atoms with E-state index in [1.54, 1.807) is 18.2 Å². The van der Waals surface area contributed by atoms with Gasteiger partial charge in [0.1, 0.15) is 11.7 Å². The third-order valence-electron chi connectivity index (χ3n) is 9.67. The first kappa shape index (κ1) is 38.7. The summed E-state index contributed by atoms with van der Waals surface area (Å²) in [6.45, 7) is 6.73. The number of hydrogen-bond acceptors (Lipinski definition) is 7. The van der Waals surface area contributed by atoms with Gasteiger partial charge in [-0.25, -0.2) is 4.98 Å². The van der Waals surface area contributed by atoms with Crippen molar-refractivity contribution in [1.29, 1.82) is 0 Å². The number of carbonyl (C=O) groups is 4. The monoisotopic (exact) mass is 706 g/mol. The Morgan fingerprint density at radius 3 is 2.32 bits per heavy atom. The van der Waals surface area contributed by atoms with Gasteiger partial charge in [-0.15, -0.1) is 12.4 Å². The number of pyridine rings is 1. The van der Waals surface area contributed by atoms with Gasteiger partial charge in [-0.2, -0.15) is 0 Å². The van der Waals surface area contributed by atoms with Crippen LogP contribution in [-0.4, -0.2) is 81.5 Å². The molecule has 1 aromatic heterocycles. The van der Waals surface area contributed by atoms with E-state index >= 15 is 0 Å². The largest absolute Gasteiger partial charge is 0.390 e. The molecule has 3 aromatic rings. The van der Waals surface area contributed by atoms with Crippen molar-refractivity contribution >= 4 is 46.9 Å². The first-order chi connectivity index (χ1) is 23.4. The van der Waals surface area contributed by atoms with Gasteiger partial charge in [-0.1, -0.05) is 73.9 Å². The number of nitrogens with zero attached hydrogens (tertiary/aromatic N) is 2. The minimum absolute atomic E-state index is 0. The topological polar surface area (TPSA) is 167 Å². The van der Waals surface area contributed by atoms with E-state index in [-0.39, 0.29) is 37.0 Å². The molecule has 4 amide bonds. The molecule has 0 bridgehead atoms. The fourth-order valence-corrected chi connectivity index (χ4v) is 7.26. The summed E-state index contributed by atoms with van der Waals surface area (Å²) in [5.74, 6) is -1.20. The second kappa shape index (κ2) is 17.2. The van der Waals surface area contributed by atoms with Gasteiger partial charge in [0.15, 0.2) is 0 Å². The second-order valence-electron chi connectivity index (χ2n) is 14.7. The number of benzene rings is 2. The Morgan fingerprint density at radius 1 is 0.940 bits per heavy atom. The summed E-state index contributed by atoms with van der Waals surface area (Å²) in [7, 11) is 0. The van der Waals surface area contributed by atoms with E-state index in [0.29, 0.717) is 23.9 Å². The third-order valence-corrected chi connectivity index (χ3v) is 9.67. The molecule has 270 valence electrons. The Kier molecular flexibility index (Phi) is 13.4. The fraction of sp³-hybridized carbons (Fsp3) is 0.500. The molecule has 2 aromatic carbocycles. The number of aliphatic hydroxyl groups is 1. The summed E-state index contributed by atoms with van der Waals surface area (Å²) >= 11 is 0. The number of nitrogens with two attached hydrogens (primary N) is 1. The minimum atomic E-state index is -1.30. The van der Waals surface area contributed by atoms with E-state index in [9.17, 15) is 24.3 Å². The fourth-order valence-electron chi connectivity index (χ4n) is 7.26. The molecule has 6 atom stereocenters. The van der Waals surface area contributed by atoms with Crippen molar-refractivity contribution in [1.82, 2.24) is 25.8 Å². The lowest BCUT2D eigenvalue weighted by Gasteiger charge is -2.47. The van der Waals surface area contributed by atoms with Crippen molar-refractivity contribution in [2.24, 2.45) is 17.6 Å². The SMILES string of the molecule is CC(C)(C)NC(=O)[C@@H]1C[C@@H]2CCCC[C@@H]2CN1C[C@@H](O)[C@H](Cc1ccccc1)NC(=O)[C@H](CC(N)=O)NC(=O)c1ccc2ccccc2n1.Cl. The Morgan fingerprint density at radius 2 is 1.62 bits per heavy atom. The normalized spacial score (nSPS) is 21.1. The number of nitrogens with one attached hydrogen (secondary N) is 3. The molecule has 1 aliphatic carbocycles. The van der Waals surface area contributed by atoms with Crippen LogP contribution < -0.4 is 21.7 Å². The maximum atomic E-state index is 13.8. The van der Waals surface area contributed by atoms with E-state index in [1.165, 1.54) is 6.42 Å². The highest BCUT2D eigenvalue weighted by atomic mass is 35.5. The molecule has 2 aliphatic rings. The zero-order valence-electron chi connectivity index (χ0n) is 29.1. The maximum absolute atomic E-state index is 13.8. The van der Waals surface area contributed by atoms with Crippen LogP contribution in [0.3, 0.4) is 0 Å². The molecule has 6 N–H and O–H groups in total. The first-order valence-corrected chi connectivity index (χ1v) is 17.4. The number of β-amino-alcohol motifs (C(OH)–C–C–N with tert-alkyl or cyclic N) is 1. The number of fused-ring (bicyclic) bond motifs is 2. The summed E-state index contributed by atoms with van der Waals surface area (Å²) in [6.07, 6.45) is 4.03. The number of para-hydroxylation sites is 1. The van der Waals surface area contributed by atoms with Gasteiger partial charge in [-0.3, -0.25) is 24.1 Å². The summed E-state index contributed by atoms with van der Waals surface area (Å²) in [6, 6.07) is 17.6. The summed E-state index contributed by atoms with van der Waals surface area (Å²) in [5.41, 5.74) is 6.70. The lowest BCUT2D eigenvalue weighted by atomic mass is 9.72. The molecule has 5 rings (SSSR count). The average molecular weight is 707 g/mol. The Balaban J connectivity index is 0.00000562. The van der Waals surface area contributed by atoms with Gasteiger partial charge in [0, 0.05) is 24.0 Å². The zero-order valence-corrected chi connectivity index (χ0v) is 30.0. The molecule has 0 spiro atoms. The lowest BCUT2D eigenvalue weighted by Crippen LogP contribution is -2.61. The van der Waals surface area contributed by atoms with Crippen LogP contribution >= 0.6 is 12.4 Å². The van der Waals surface area contributed by atoms with Gasteiger partial charge in [0.25, 0.3) is 5.91 Å². The van der Waals surface area contributed by atoms with Crippen molar-refractivity contribution in [3.63, 3.8) is 0 Å². The van der Waals surface area contributed by atoms with Crippen LogP contribution in [0.5, 0.6) is 0 Å². The lowest BCUT2D eigenvalue weighted by molar-refractivity contribution is -0.133. The van der Waals surface area contributed by atoms with Gasteiger partial charge in [0.05, 0.1) is 30.1 Å². The molecule has 12 heteroatoms. The third kappa shape index (κ3) is 10.5. The minimum Gasteiger partial charge on any atom is -0.390 e. The van der Waals surface area contributed by atoms with Crippen LogP contribution in [0.4, 0.5) is 0 Å². The van der Waals surface area contributed by atoms with E-state index in [1.807, 2.05) is 69.3 Å². The van der Waals surface area contributed by atoms with Crippen LogP contribution in [-0.2, 0) is 20.8 Å². The van der Waals surface area contributed by atoms with E-state index in [2.05, 4.69) is 25.8 Å². The van der Waals surface area contributed by atoms with Gasteiger partial charge < -0.3 is 26.8 Å². The van der Waals surface area contributed by atoms with Crippen molar-refractivity contribution in [2.75, 3.05) is 13.1 Å². The molecule has 2 heterocycles. The van der Waals surface area contributed by atoms with Gasteiger partial charge in [-0.05, 0) is 69.6 Å². The standard InChI is InChI=1S/C38H50N6O5.ClH/c1-38(2,3)43-37(49)32-20-26-14-7-8-15-27(26)22-44(32)23-33(45)30(19-24-11-5-4-6-12-24)41-36(48)31(21-34(39)46)42-35(47)29-18-17-25-13-9-10-16-28(25)40-29;/h4-6,9-13,16-18,26-27,30-33,45H,7-8,14-15,19-23H2,1-3H3,(H2,39,46)(H,41,48)(H,42,47)(H,43,49);1H/t26-,27+,30-,31-,32-,33+;/m0./s1. The Bertz CT molecular complexity index is 1630. The quantitative estimate of drug-likeness (QED) is 0.192. The number of halogens is 1. The Labute approximate surface area is 300 Å². The highest BCUT2D eigenvalue weighted by Crippen LogP contribution is 2.39. The second-order valence-corrected chi connectivity index (χ2v) is 14.7. The summed E-state index contributed by atoms with van der Waals surface area (Å²) in [5, 5.41) is 21.4. The number of piperidine rings is 1. The number of carbonyl (C=O) groups excluding carboxylic acids is 4. The molecule has 2 fully saturated rings. The van der Waals surface area contributed by atoms with E-state index in [4.69, 9.17) is 5.73 Å². The maximum Gasteiger partial charge on any atom is 0.270 e. The number of aliphatic hydroxyl groups excluding tert-OH is 1. The van der Waals surface area contributed by atoms with Crippen LogP contribution in [0.2, 0.25) is 0 Å². The highest BCUT2D eigenvalue weighted by molar-refractivity contribution is 5.99. The van der Waals surface area contributed by atoms with Crippen molar-refractivity contribution in [2.45, 2.75) is 95.5 Å². The van der Waals surface area contributed by atoms with Crippen LogP contribution in [0, 0.1) is 11.8 Å². The first-order valence-electron chi connectivity index (χ1n) is 17.4. The van der Waals surface area contributed by atoms with Crippen molar-refractivity contribution < 1.29 is 24.3 Å². The number of hydrogen-bond donors (Lipinski definition) is 5. The molecule has 1 aliphatic heterocycles. The van der Waals surface area contributed by atoms with Crippen molar-refractivity contribution in [3.05, 3.63) is 78.0 Å². The molecular weight excluding hydrogens is 656 g/mol. The number of likely N-dealkylation sites (tertiary alicyclic amines) is 1. The van der Waals surface area contributed by atoms with Crippen LogP contribution in [0.25, 0.3) is 10.9 Å². The predicted molar refractivity (Wildman–Crippen MR) is 195 cm³/mol. The van der Waals surface area contributed by atoms with Gasteiger partial charge >= 0.3 is 0 Å². The molecule has 0 radical (unpaired) electrons. The summed E-state index contributed by atoms with van der Waals surface area (Å²) in [4.78, 5) is 59.3. The number of amides is 4. The van der Waals surface area contributed by atoms with Crippen LogP contribution in [0.1, 0.15) is 75.3 Å². The van der Waals surface area contributed by atoms with Crippen LogP contribution in [0.15, 0.2) is 66.7 Å². The Hall–Kier alpha value is -4.06. The molecule has 1 saturated carbocycles.